The molecule has 2 atom stereocenters. The zero-order valence-electron chi connectivity index (χ0n) is 16.1. The van der Waals surface area contributed by atoms with E-state index in [9.17, 15) is 4.39 Å². The van der Waals surface area contributed by atoms with Crippen LogP contribution in [0.25, 0.3) is 0 Å². The van der Waals surface area contributed by atoms with Crippen molar-refractivity contribution in [3.05, 3.63) is 84.2 Å². The molecule has 6 heteroatoms. The van der Waals surface area contributed by atoms with E-state index in [-0.39, 0.29) is 23.4 Å². The third kappa shape index (κ3) is 3.29. The molecule has 4 nitrogen and oxygen atoms in total. The second-order valence-corrected chi connectivity index (χ2v) is 8.36. The van der Waals surface area contributed by atoms with Crippen LogP contribution in [0.2, 0.25) is 0 Å². The summed E-state index contributed by atoms with van der Waals surface area (Å²) in [6.07, 6.45) is 5.94. The van der Waals surface area contributed by atoms with Gasteiger partial charge in [-0.1, -0.05) is 18.2 Å². The van der Waals surface area contributed by atoms with Gasteiger partial charge in [0.2, 0.25) is 0 Å². The second kappa shape index (κ2) is 7.02. The molecule has 1 aliphatic heterocycles. The van der Waals surface area contributed by atoms with Crippen molar-refractivity contribution >= 4 is 23.0 Å². The summed E-state index contributed by atoms with van der Waals surface area (Å²) in [5.41, 5.74) is 2.35. The summed E-state index contributed by atoms with van der Waals surface area (Å²) < 4.78 is 16.8. The van der Waals surface area contributed by atoms with Crippen LogP contribution in [0.4, 0.5) is 10.1 Å². The van der Waals surface area contributed by atoms with Gasteiger partial charge in [0, 0.05) is 24.1 Å². The number of pyridine rings is 1. The highest BCUT2D eigenvalue weighted by atomic mass is 32.1. The van der Waals surface area contributed by atoms with Gasteiger partial charge in [0.05, 0.1) is 23.5 Å². The smallest absolute Gasteiger partial charge is 0.174 e. The predicted molar refractivity (Wildman–Crippen MR) is 114 cm³/mol. The van der Waals surface area contributed by atoms with E-state index in [2.05, 4.69) is 54.1 Å². The molecule has 0 unspecified atom stereocenters. The molecule has 1 saturated heterocycles. The monoisotopic (exact) mass is 394 g/mol. The number of benzene rings is 1. The van der Waals surface area contributed by atoms with E-state index >= 15 is 0 Å². The molecule has 0 radical (unpaired) electrons. The Morgan fingerprint density at radius 2 is 1.82 bits per heavy atom. The Bertz CT molecular complexity index is 993. The van der Waals surface area contributed by atoms with E-state index in [0.717, 1.165) is 11.3 Å². The highest BCUT2D eigenvalue weighted by molar-refractivity contribution is 7.80. The fraction of sp³-hybridized carbons (Fsp3) is 0.273. The average Bonchev–Trinajstić information content (AvgIpc) is 3.27. The number of aromatic nitrogens is 2. The van der Waals surface area contributed by atoms with Crippen LogP contribution < -0.4 is 10.2 Å². The summed E-state index contributed by atoms with van der Waals surface area (Å²) in [4.78, 5) is 6.40. The van der Waals surface area contributed by atoms with Gasteiger partial charge in [0.1, 0.15) is 5.82 Å². The number of para-hydroxylation sites is 1. The molecule has 2 aromatic heterocycles. The van der Waals surface area contributed by atoms with Crippen LogP contribution in [0.5, 0.6) is 0 Å². The van der Waals surface area contributed by atoms with E-state index in [4.69, 9.17) is 12.2 Å². The average molecular weight is 395 g/mol. The molecule has 28 heavy (non-hydrogen) atoms. The number of halogens is 1. The maximum absolute atomic E-state index is 14.7. The predicted octanol–water partition coefficient (Wildman–Crippen LogP) is 4.95. The first-order valence-corrected chi connectivity index (χ1v) is 9.70. The highest BCUT2D eigenvalue weighted by Crippen LogP contribution is 2.42. The molecular weight excluding hydrogens is 371 g/mol. The maximum atomic E-state index is 14.7. The lowest BCUT2D eigenvalue weighted by Gasteiger charge is -2.28. The third-order valence-corrected chi connectivity index (χ3v) is 5.36. The van der Waals surface area contributed by atoms with E-state index in [1.54, 1.807) is 18.3 Å². The molecule has 3 aromatic rings. The lowest BCUT2D eigenvalue weighted by Crippen LogP contribution is -2.30. The summed E-state index contributed by atoms with van der Waals surface area (Å²) in [5, 5.41) is 3.86. The van der Waals surface area contributed by atoms with Crippen molar-refractivity contribution in [2.45, 2.75) is 38.4 Å². The van der Waals surface area contributed by atoms with Gasteiger partial charge in [-0.3, -0.25) is 4.98 Å². The van der Waals surface area contributed by atoms with Gasteiger partial charge in [-0.05, 0) is 68.9 Å². The van der Waals surface area contributed by atoms with E-state index < -0.39 is 0 Å². The van der Waals surface area contributed by atoms with Gasteiger partial charge in [0.15, 0.2) is 5.11 Å². The Morgan fingerprint density at radius 1 is 1.07 bits per heavy atom. The first-order chi connectivity index (χ1) is 13.4. The zero-order valence-corrected chi connectivity index (χ0v) is 16.9. The van der Waals surface area contributed by atoms with Crippen molar-refractivity contribution in [2.24, 2.45) is 0 Å². The molecular formula is C22H23FN4S. The van der Waals surface area contributed by atoms with Gasteiger partial charge >= 0.3 is 0 Å². The largest absolute Gasteiger partial charge is 0.351 e. The summed E-state index contributed by atoms with van der Waals surface area (Å²) in [6, 6.07) is 14.2. The van der Waals surface area contributed by atoms with Crippen LogP contribution in [-0.4, -0.2) is 14.7 Å². The Kier molecular flexibility index (Phi) is 4.67. The molecule has 1 aliphatic rings. The number of thiocarbonyl (C=S) groups is 1. The summed E-state index contributed by atoms with van der Waals surface area (Å²) in [6.45, 7) is 6.46. The van der Waals surface area contributed by atoms with Crippen molar-refractivity contribution in [1.29, 1.82) is 0 Å². The number of nitrogens with one attached hydrogen (secondary N) is 1. The van der Waals surface area contributed by atoms with Crippen LogP contribution in [0.3, 0.4) is 0 Å². The summed E-state index contributed by atoms with van der Waals surface area (Å²) in [7, 11) is 0. The van der Waals surface area contributed by atoms with E-state index in [1.807, 2.05) is 29.2 Å². The molecule has 1 N–H and O–H groups in total. The minimum Gasteiger partial charge on any atom is -0.351 e. The van der Waals surface area contributed by atoms with Crippen molar-refractivity contribution < 1.29 is 4.39 Å². The third-order valence-electron chi connectivity index (χ3n) is 5.04. The van der Waals surface area contributed by atoms with Gasteiger partial charge in [-0.2, -0.15) is 0 Å². The van der Waals surface area contributed by atoms with Crippen molar-refractivity contribution in [1.82, 2.24) is 14.9 Å². The Morgan fingerprint density at radius 3 is 2.46 bits per heavy atom. The molecule has 0 bridgehead atoms. The Balaban J connectivity index is 1.84. The van der Waals surface area contributed by atoms with Crippen LogP contribution in [0.15, 0.2) is 67.1 Å². The van der Waals surface area contributed by atoms with Gasteiger partial charge in [-0.15, -0.1) is 0 Å². The fourth-order valence-corrected chi connectivity index (χ4v) is 3.94. The molecule has 0 aliphatic carbocycles. The van der Waals surface area contributed by atoms with Crippen molar-refractivity contribution in [2.75, 3.05) is 4.90 Å². The molecule has 0 amide bonds. The van der Waals surface area contributed by atoms with Crippen LogP contribution >= 0.6 is 12.2 Å². The minimum atomic E-state index is -0.298. The Labute approximate surface area is 170 Å². The first-order valence-electron chi connectivity index (χ1n) is 9.30. The van der Waals surface area contributed by atoms with Crippen LogP contribution in [0.1, 0.15) is 44.1 Å². The zero-order chi connectivity index (χ0) is 19.9. The lowest BCUT2D eigenvalue weighted by atomic mass is 9.98. The van der Waals surface area contributed by atoms with Crippen molar-refractivity contribution in [3.8, 4) is 0 Å². The molecule has 1 fully saturated rings. The molecule has 1 aromatic carbocycles. The normalized spacial score (nSPS) is 19.7. The van der Waals surface area contributed by atoms with Crippen LogP contribution in [-0.2, 0) is 5.54 Å². The number of hydrogen-bond acceptors (Lipinski definition) is 2. The van der Waals surface area contributed by atoms with E-state index in [1.165, 1.54) is 6.07 Å². The van der Waals surface area contributed by atoms with Gasteiger partial charge in [0.25, 0.3) is 0 Å². The van der Waals surface area contributed by atoms with Gasteiger partial charge in [-0.25, -0.2) is 4.39 Å². The second-order valence-electron chi connectivity index (χ2n) is 7.97. The topological polar surface area (TPSA) is 33.1 Å². The number of hydrogen-bond donors (Lipinski definition) is 1. The van der Waals surface area contributed by atoms with E-state index in [0.29, 0.717) is 10.8 Å². The minimum absolute atomic E-state index is 0.0475. The molecule has 0 spiro atoms. The number of anilines is 1. The maximum Gasteiger partial charge on any atom is 0.174 e. The molecule has 0 saturated carbocycles. The highest BCUT2D eigenvalue weighted by Gasteiger charge is 2.42. The molecule has 144 valence electrons. The SMILES string of the molecule is CC(C)(C)n1ccc([C@@H]2[C@@H](c3ccccn3)NC(=S)N2c2ccccc2F)c1. The number of rotatable bonds is 3. The first kappa shape index (κ1) is 18.6. The number of nitrogens with zero attached hydrogens (tertiary/aromatic N) is 3. The van der Waals surface area contributed by atoms with Gasteiger partial charge < -0.3 is 14.8 Å². The fourth-order valence-electron chi connectivity index (χ4n) is 3.61. The summed E-state index contributed by atoms with van der Waals surface area (Å²) in [5.74, 6) is -0.298. The quantitative estimate of drug-likeness (QED) is 0.637. The Hall–Kier alpha value is -2.73. The molecule has 3 heterocycles. The lowest BCUT2D eigenvalue weighted by molar-refractivity contribution is 0.397. The molecule has 4 rings (SSSR count). The van der Waals surface area contributed by atoms with Crippen LogP contribution in [0, 0.1) is 5.82 Å². The van der Waals surface area contributed by atoms with Crippen molar-refractivity contribution in [3.63, 3.8) is 0 Å². The summed E-state index contributed by atoms with van der Waals surface area (Å²) >= 11 is 5.63. The standard InChI is InChI=1S/C22H23FN4S/c1-22(2,3)26-13-11-15(14-26)20-19(17-9-6-7-12-24-17)25-21(28)27(20)18-10-5-4-8-16(18)23/h4-14,19-20H,1-3H3,(H,25,28)/t19-,20-/m1/s1.